The first-order chi connectivity index (χ1) is 11.1. The van der Waals surface area contributed by atoms with Crippen LogP contribution in [-0.2, 0) is 9.59 Å². The van der Waals surface area contributed by atoms with Crippen molar-refractivity contribution in [3.05, 3.63) is 41.5 Å². The monoisotopic (exact) mass is 314 g/mol. The maximum absolute atomic E-state index is 11.8. The Morgan fingerprint density at radius 2 is 1.83 bits per heavy atom. The Morgan fingerprint density at radius 1 is 1.17 bits per heavy atom. The second kappa shape index (κ2) is 8.51. The quantitative estimate of drug-likeness (QED) is 0.821. The summed E-state index contributed by atoms with van der Waals surface area (Å²) in [6.07, 6.45) is 5.88. The molecule has 0 spiro atoms. The van der Waals surface area contributed by atoms with Crippen LogP contribution < -0.4 is 5.32 Å². The van der Waals surface area contributed by atoms with E-state index in [1.165, 1.54) is 11.6 Å². The van der Waals surface area contributed by atoms with Gasteiger partial charge >= 0.3 is 0 Å². The van der Waals surface area contributed by atoms with E-state index in [1.54, 1.807) is 6.08 Å². The van der Waals surface area contributed by atoms with Crippen molar-refractivity contribution in [2.75, 3.05) is 19.6 Å². The van der Waals surface area contributed by atoms with Gasteiger partial charge in [0.15, 0.2) is 0 Å². The van der Waals surface area contributed by atoms with E-state index in [9.17, 15) is 9.59 Å². The minimum atomic E-state index is -0.160. The molecule has 1 fully saturated rings. The Bertz CT molecular complexity index is 555. The molecule has 1 aromatic carbocycles. The fourth-order valence-corrected chi connectivity index (χ4v) is 2.64. The van der Waals surface area contributed by atoms with E-state index in [0.717, 1.165) is 31.5 Å². The third kappa shape index (κ3) is 5.55. The molecule has 1 aromatic rings. The summed E-state index contributed by atoms with van der Waals surface area (Å²) in [5.41, 5.74) is 2.28. The molecule has 1 heterocycles. The highest BCUT2D eigenvalue weighted by Gasteiger charge is 2.17. The first kappa shape index (κ1) is 17.3. The normalized spacial score (nSPS) is 14.7. The first-order valence-corrected chi connectivity index (χ1v) is 8.40. The predicted molar refractivity (Wildman–Crippen MR) is 93.0 cm³/mol. The largest absolute Gasteiger partial charge is 0.352 e. The van der Waals surface area contributed by atoms with Crippen molar-refractivity contribution in [3.8, 4) is 0 Å². The van der Waals surface area contributed by atoms with Crippen LogP contribution in [0.5, 0.6) is 0 Å². The van der Waals surface area contributed by atoms with Gasteiger partial charge in [0, 0.05) is 32.1 Å². The molecule has 0 unspecified atom stereocenters. The topological polar surface area (TPSA) is 49.4 Å². The summed E-state index contributed by atoms with van der Waals surface area (Å²) in [5, 5.41) is 2.76. The summed E-state index contributed by atoms with van der Waals surface area (Å²) in [6, 6.07) is 8.18. The molecule has 0 bridgehead atoms. The number of carbonyl (C=O) groups is 2. The van der Waals surface area contributed by atoms with E-state index in [-0.39, 0.29) is 11.8 Å². The SMILES string of the molecule is CC(C)c1ccc(/C=C/C(=O)NCCC(=O)N2CCCC2)cc1. The van der Waals surface area contributed by atoms with E-state index in [2.05, 4.69) is 31.3 Å². The van der Waals surface area contributed by atoms with Gasteiger partial charge in [0.1, 0.15) is 0 Å². The van der Waals surface area contributed by atoms with Crippen molar-refractivity contribution >= 4 is 17.9 Å². The van der Waals surface area contributed by atoms with Crippen molar-refractivity contribution in [2.24, 2.45) is 0 Å². The molecule has 1 saturated heterocycles. The van der Waals surface area contributed by atoms with E-state index in [0.29, 0.717) is 18.9 Å². The van der Waals surface area contributed by atoms with Crippen LogP contribution in [0.25, 0.3) is 6.08 Å². The Labute approximate surface area is 138 Å². The molecule has 0 aromatic heterocycles. The maximum Gasteiger partial charge on any atom is 0.244 e. The molecule has 0 atom stereocenters. The standard InChI is InChI=1S/C19H26N2O2/c1-15(2)17-8-5-16(6-9-17)7-10-18(22)20-12-11-19(23)21-13-3-4-14-21/h5-10,15H,3-4,11-14H2,1-2H3,(H,20,22)/b10-7+. The predicted octanol–water partition coefficient (Wildman–Crippen LogP) is 2.95. The van der Waals surface area contributed by atoms with E-state index in [4.69, 9.17) is 0 Å². The van der Waals surface area contributed by atoms with Crippen molar-refractivity contribution < 1.29 is 9.59 Å². The van der Waals surface area contributed by atoms with Gasteiger partial charge in [-0.25, -0.2) is 0 Å². The zero-order valence-electron chi connectivity index (χ0n) is 14.0. The van der Waals surface area contributed by atoms with Crippen molar-refractivity contribution in [1.82, 2.24) is 10.2 Å². The minimum absolute atomic E-state index is 0.135. The van der Waals surface area contributed by atoms with Crippen LogP contribution in [-0.4, -0.2) is 36.3 Å². The van der Waals surface area contributed by atoms with Crippen LogP contribution in [0.15, 0.2) is 30.3 Å². The lowest BCUT2D eigenvalue weighted by Crippen LogP contribution is -2.32. The Morgan fingerprint density at radius 3 is 2.43 bits per heavy atom. The van der Waals surface area contributed by atoms with E-state index >= 15 is 0 Å². The number of benzene rings is 1. The fraction of sp³-hybridized carbons (Fsp3) is 0.474. The minimum Gasteiger partial charge on any atom is -0.352 e. The number of carbonyl (C=O) groups excluding carboxylic acids is 2. The van der Waals surface area contributed by atoms with Crippen LogP contribution in [0.4, 0.5) is 0 Å². The van der Waals surface area contributed by atoms with Crippen molar-refractivity contribution in [1.29, 1.82) is 0 Å². The zero-order valence-corrected chi connectivity index (χ0v) is 14.0. The number of nitrogens with one attached hydrogen (secondary N) is 1. The van der Waals surface area contributed by atoms with Crippen LogP contribution in [0.3, 0.4) is 0 Å². The average molecular weight is 314 g/mol. The molecule has 0 radical (unpaired) electrons. The highest BCUT2D eigenvalue weighted by Crippen LogP contribution is 2.15. The number of amides is 2. The lowest BCUT2D eigenvalue weighted by atomic mass is 10.0. The molecule has 1 N–H and O–H groups in total. The molecular weight excluding hydrogens is 288 g/mol. The second-order valence-corrected chi connectivity index (χ2v) is 6.28. The molecule has 23 heavy (non-hydrogen) atoms. The van der Waals surface area contributed by atoms with E-state index < -0.39 is 0 Å². The van der Waals surface area contributed by atoms with Gasteiger partial charge in [-0.3, -0.25) is 9.59 Å². The van der Waals surface area contributed by atoms with Gasteiger partial charge < -0.3 is 10.2 Å². The number of nitrogens with zero attached hydrogens (tertiary/aromatic N) is 1. The van der Waals surface area contributed by atoms with Gasteiger partial charge in [-0.2, -0.15) is 0 Å². The summed E-state index contributed by atoms with van der Waals surface area (Å²) in [5.74, 6) is 0.479. The Hall–Kier alpha value is -2.10. The van der Waals surface area contributed by atoms with Crippen molar-refractivity contribution in [3.63, 3.8) is 0 Å². The molecule has 0 saturated carbocycles. The smallest absolute Gasteiger partial charge is 0.244 e. The van der Waals surface area contributed by atoms with Gasteiger partial charge in [-0.05, 0) is 36.0 Å². The molecule has 4 heteroatoms. The molecule has 4 nitrogen and oxygen atoms in total. The fourth-order valence-electron chi connectivity index (χ4n) is 2.64. The molecule has 124 valence electrons. The molecule has 2 rings (SSSR count). The number of likely N-dealkylation sites (tertiary alicyclic amines) is 1. The number of rotatable bonds is 6. The second-order valence-electron chi connectivity index (χ2n) is 6.28. The third-order valence-corrected chi connectivity index (χ3v) is 4.13. The van der Waals surface area contributed by atoms with E-state index in [1.807, 2.05) is 17.0 Å². The van der Waals surface area contributed by atoms with Crippen LogP contribution in [0, 0.1) is 0 Å². The van der Waals surface area contributed by atoms with Crippen molar-refractivity contribution in [2.45, 2.75) is 39.0 Å². The van der Waals surface area contributed by atoms with Crippen LogP contribution >= 0.6 is 0 Å². The Kier molecular flexibility index (Phi) is 6.39. The molecule has 1 aliphatic rings. The molecule has 0 aliphatic carbocycles. The van der Waals surface area contributed by atoms with Gasteiger partial charge in [0.2, 0.25) is 11.8 Å². The molecular formula is C19H26N2O2. The Balaban J connectivity index is 1.72. The van der Waals surface area contributed by atoms with Gasteiger partial charge in [0.05, 0.1) is 0 Å². The lowest BCUT2D eigenvalue weighted by molar-refractivity contribution is -0.130. The van der Waals surface area contributed by atoms with Crippen LogP contribution in [0.1, 0.15) is 50.2 Å². The van der Waals surface area contributed by atoms with Gasteiger partial charge in [0.25, 0.3) is 0 Å². The zero-order chi connectivity index (χ0) is 16.7. The maximum atomic E-state index is 11.8. The first-order valence-electron chi connectivity index (χ1n) is 8.40. The number of hydrogen-bond donors (Lipinski definition) is 1. The summed E-state index contributed by atoms with van der Waals surface area (Å²) < 4.78 is 0. The van der Waals surface area contributed by atoms with Crippen LogP contribution in [0.2, 0.25) is 0 Å². The van der Waals surface area contributed by atoms with Gasteiger partial charge in [-0.15, -0.1) is 0 Å². The summed E-state index contributed by atoms with van der Waals surface area (Å²) in [4.78, 5) is 25.5. The summed E-state index contributed by atoms with van der Waals surface area (Å²) in [6.45, 7) is 6.42. The molecule has 1 aliphatic heterocycles. The lowest BCUT2D eigenvalue weighted by Gasteiger charge is -2.14. The number of hydrogen-bond acceptors (Lipinski definition) is 2. The highest BCUT2D eigenvalue weighted by molar-refractivity contribution is 5.92. The average Bonchev–Trinajstić information content (AvgIpc) is 3.07. The third-order valence-electron chi connectivity index (χ3n) is 4.13. The van der Waals surface area contributed by atoms with Gasteiger partial charge in [-0.1, -0.05) is 38.1 Å². The highest BCUT2D eigenvalue weighted by atomic mass is 16.2. The molecule has 2 amide bonds. The summed E-state index contributed by atoms with van der Waals surface area (Å²) >= 11 is 0. The summed E-state index contributed by atoms with van der Waals surface area (Å²) in [7, 11) is 0.